The Morgan fingerprint density at radius 1 is 1.27 bits per heavy atom. The second-order valence-corrected chi connectivity index (χ2v) is 7.34. The summed E-state index contributed by atoms with van der Waals surface area (Å²) in [5.41, 5.74) is 1.27. The molecule has 1 fully saturated rings. The van der Waals surface area contributed by atoms with E-state index >= 15 is 0 Å². The van der Waals surface area contributed by atoms with Gasteiger partial charge in [-0.2, -0.15) is 11.8 Å². The molecule has 1 saturated heterocycles. The number of benzene rings is 1. The van der Waals surface area contributed by atoms with Crippen LogP contribution in [0.15, 0.2) is 30.3 Å². The van der Waals surface area contributed by atoms with Crippen LogP contribution in [0.25, 0.3) is 0 Å². The highest BCUT2D eigenvalue weighted by Gasteiger charge is 2.27. The summed E-state index contributed by atoms with van der Waals surface area (Å²) in [6, 6.07) is 10.2. The van der Waals surface area contributed by atoms with E-state index in [4.69, 9.17) is 0 Å². The highest BCUT2D eigenvalue weighted by molar-refractivity contribution is 8.01. The summed E-state index contributed by atoms with van der Waals surface area (Å²) in [5, 5.41) is 0.301. The maximum Gasteiger partial charge on any atom is 0.151 e. The molecular weight excluding hydrogens is 228 g/mol. The van der Waals surface area contributed by atoms with E-state index in [1.165, 1.54) is 5.56 Å². The summed E-state index contributed by atoms with van der Waals surface area (Å²) in [6.45, 7) is 0. The van der Waals surface area contributed by atoms with Crippen molar-refractivity contribution in [1.82, 2.24) is 0 Å². The molecule has 1 unspecified atom stereocenters. The number of sulfone groups is 1. The highest BCUT2D eigenvalue weighted by Crippen LogP contribution is 2.26. The summed E-state index contributed by atoms with van der Waals surface area (Å²) in [7, 11) is -2.72. The van der Waals surface area contributed by atoms with Gasteiger partial charge >= 0.3 is 0 Å². The molecule has 1 aromatic rings. The van der Waals surface area contributed by atoms with Crippen molar-refractivity contribution in [3.05, 3.63) is 35.9 Å². The molecule has 0 saturated carbocycles. The zero-order valence-corrected chi connectivity index (χ0v) is 10.1. The lowest BCUT2D eigenvalue weighted by molar-refractivity contribution is 0.602. The van der Waals surface area contributed by atoms with Gasteiger partial charge in [0.15, 0.2) is 9.84 Å². The first kappa shape index (κ1) is 11.0. The van der Waals surface area contributed by atoms with Gasteiger partial charge in [0.25, 0.3) is 0 Å². The lowest BCUT2D eigenvalue weighted by Gasteiger charge is -2.06. The number of rotatable bonds is 3. The van der Waals surface area contributed by atoms with Crippen LogP contribution < -0.4 is 0 Å². The minimum atomic E-state index is -2.72. The molecule has 0 radical (unpaired) electrons. The number of thioether (sulfide) groups is 1. The first-order chi connectivity index (χ1) is 7.16. The van der Waals surface area contributed by atoms with E-state index < -0.39 is 9.84 Å². The Balaban J connectivity index is 1.85. The molecule has 2 rings (SSSR count). The van der Waals surface area contributed by atoms with Gasteiger partial charge in [-0.25, -0.2) is 8.42 Å². The minimum Gasteiger partial charge on any atom is -0.229 e. The van der Waals surface area contributed by atoms with Gasteiger partial charge < -0.3 is 0 Å². The second kappa shape index (κ2) is 4.58. The molecule has 0 N–H and O–H groups in total. The Morgan fingerprint density at radius 2 is 2.00 bits per heavy atom. The molecule has 0 aliphatic carbocycles. The lowest BCUT2D eigenvalue weighted by atomic mass is 10.2. The fourth-order valence-corrected chi connectivity index (χ4v) is 5.29. The average molecular weight is 242 g/mol. The van der Waals surface area contributed by atoms with Crippen molar-refractivity contribution in [3.8, 4) is 0 Å². The van der Waals surface area contributed by atoms with Gasteiger partial charge in [-0.3, -0.25) is 0 Å². The second-order valence-electron chi connectivity index (χ2n) is 3.82. The van der Waals surface area contributed by atoms with Crippen molar-refractivity contribution in [2.24, 2.45) is 0 Å². The SMILES string of the molecule is O=S1(=O)CCC(SCc2ccccc2)C1. The first-order valence-corrected chi connectivity index (χ1v) is 7.89. The zero-order valence-electron chi connectivity index (χ0n) is 8.43. The summed E-state index contributed by atoms with van der Waals surface area (Å²) in [5.74, 6) is 1.66. The van der Waals surface area contributed by atoms with Gasteiger partial charge in [-0.05, 0) is 12.0 Å². The predicted octanol–water partition coefficient (Wildman–Crippen LogP) is 2.11. The quantitative estimate of drug-likeness (QED) is 0.814. The smallest absolute Gasteiger partial charge is 0.151 e. The van der Waals surface area contributed by atoms with Crippen LogP contribution in [0, 0.1) is 0 Å². The van der Waals surface area contributed by atoms with Gasteiger partial charge in [-0.1, -0.05) is 30.3 Å². The molecule has 1 aliphatic heterocycles. The molecule has 4 heteroatoms. The molecule has 1 aliphatic rings. The largest absolute Gasteiger partial charge is 0.229 e. The minimum absolute atomic E-state index is 0.301. The fourth-order valence-electron chi connectivity index (χ4n) is 1.68. The average Bonchev–Trinajstić information content (AvgIpc) is 2.57. The van der Waals surface area contributed by atoms with Crippen molar-refractivity contribution in [2.45, 2.75) is 17.4 Å². The van der Waals surface area contributed by atoms with Gasteiger partial charge in [0, 0.05) is 11.0 Å². The van der Waals surface area contributed by atoms with Gasteiger partial charge in [-0.15, -0.1) is 0 Å². The number of hydrogen-bond acceptors (Lipinski definition) is 3. The summed E-state index contributed by atoms with van der Waals surface area (Å²) in [4.78, 5) is 0. The topological polar surface area (TPSA) is 34.1 Å². The van der Waals surface area contributed by atoms with E-state index in [0.29, 0.717) is 16.8 Å². The predicted molar refractivity (Wildman–Crippen MR) is 64.8 cm³/mol. The number of hydrogen-bond donors (Lipinski definition) is 0. The van der Waals surface area contributed by atoms with Crippen LogP contribution in [0.1, 0.15) is 12.0 Å². The molecule has 82 valence electrons. The fraction of sp³-hybridized carbons (Fsp3) is 0.455. The van der Waals surface area contributed by atoms with Crippen LogP contribution in [0.5, 0.6) is 0 Å². The summed E-state index contributed by atoms with van der Waals surface area (Å²) >= 11 is 1.76. The monoisotopic (exact) mass is 242 g/mol. The summed E-state index contributed by atoms with van der Waals surface area (Å²) in [6.07, 6.45) is 0.819. The van der Waals surface area contributed by atoms with Crippen LogP contribution in [-0.4, -0.2) is 25.2 Å². The Kier molecular flexibility index (Phi) is 3.36. The van der Waals surface area contributed by atoms with Crippen molar-refractivity contribution in [2.75, 3.05) is 11.5 Å². The van der Waals surface area contributed by atoms with Crippen molar-refractivity contribution >= 4 is 21.6 Å². The maximum absolute atomic E-state index is 11.2. The third-order valence-corrected chi connectivity index (χ3v) is 5.87. The molecule has 0 amide bonds. The van der Waals surface area contributed by atoms with E-state index in [0.717, 1.165) is 12.2 Å². The van der Waals surface area contributed by atoms with Crippen LogP contribution in [0.2, 0.25) is 0 Å². The molecular formula is C11H14O2S2. The Hall–Kier alpha value is -0.480. The molecule has 1 atom stereocenters. The zero-order chi connectivity index (χ0) is 10.7. The normalized spacial score (nSPS) is 24.1. The van der Waals surface area contributed by atoms with Gasteiger partial charge in [0.1, 0.15) is 0 Å². The van der Waals surface area contributed by atoms with E-state index in [2.05, 4.69) is 12.1 Å². The standard InChI is InChI=1S/C11H14O2S2/c12-15(13)7-6-11(9-15)14-8-10-4-2-1-3-5-10/h1-5,11H,6-9H2. The van der Waals surface area contributed by atoms with E-state index in [-0.39, 0.29) is 0 Å². The first-order valence-electron chi connectivity index (χ1n) is 5.02. The third-order valence-electron chi connectivity index (χ3n) is 2.52. The van der Waals surface area contributed by atoms with E-state index in [1.54, 1.807) is 11.8 Å². The van der Waals surface area contributed by atoms with Crippen molar-refractivity contribution < 1.29 is 8.42 Å². The van der Waals surface area contributed by atoms with Gasteiger partial charge in [0.2, 0.25) is 0 Å². The Morgan fingerprint density at radius 3 is 2.60 bits per heavy atom. The molecule has 15 heavy (non-hydrogen) atoms. The van der Waals surface area contributed by atoms with E-state index in [9.17, 15) is 8.42 Å². The molecule has 0 spiro atoms. The molecule has 1 aromatic carbocycles. The molecule has 0 aromatic heterocycles. The summed E-state index contributed by atoms with van der Waals surface area (Å²) < 4.78 is 22.5. The van der Waals surface area contributed by atoms with Crippen molar-refractivity contribution in [3.63, 3.8) is 0 Å². The maximum atomic E-state index is 11.2. The Bertz CT molecular complexity index is 411. The van der Waals surface area contributed by atoms with Gasteiger partial charge in [0.05, 0.1) is 11.5 Å². The van der Waals surface area contributed by atoms with Crippen LogP contribution in [0.3, 0.4) is 0 Å². The molecule has 0 bridgehead atoms. The molecule has 1 heterocycles. The Labute approximate surface area is 95.0 Å². The highest BCUT2D eigenvalue weighted by atomic mass is 32.2. The van der Waals surface area contributed by atoms with Crippen LogP contribution in [-0.2, 0) is 15.6 Å². The van der Waals surface area contributed by atoms with Crippen LogP contribution >= 0.6 is 11.8 Å². The third kappa shape index (κ3) is 3.24. The lowest BCUT2D eigenvalue weighted by Crippen LogP contribution is -2.06. The molecule has 2 nitrogen and oxygen atoms in total. The van der Waals surface area contributed by atoms with E-state index in [1.807, 2.05) is 18.2 Å². The van der Waals surface area contributed by atoms with Crippen LogP contribution in [0.4, 0.5) is 0 Å². The van der Waals surface area contributed by atoms with Crippen molar-refractivity contribution in [1.29, 1.82) is 0 Å².